The van der Waals surface area contributed by atoms with Gasteiger partial charge in [-0.1, -0.05) is 30.3 Å². The molecule has 2 rings (SSSR count). The predicted octanol–water partition coefficient (Wildman–Crippen LogP) is 3.13. The van der Waals surface area contributed by atoms with E-state index in [-0.39, 0.29) is 6.61 Å². The van der Waals surface area contributed by atoms with Gasteiger partial charge in [0.05, 0.1) is 20.5 Å². The maximum absolute atomic E-state index is 11.9. The third-order valence-electron chi connectivity index (χ3n) is 3.19. The average Bonchev–Trinajstić information content (AvgIpc) is 2.58. The van der Waals surface area contributed by atoms with Gasteiger partial charge >= 0.3 is 5.97 Å². The number of ether oxygens (including phenoxy) is 3. The number of aromatic nitrogens is 1. The van der Waals surface area contributed by atoms with Gasteiger partial charge in [-0.2, -0.15) is 0 Å². The molecule has 0 fully saturated rings. The molecule has 0 radical (unpaired) electrons. The molecule has 5 nitrogen and oxygen atoms in total. The summed E-state index contributed by atoms with van der Waals surface area (Å²) >= 11 is 0. The first-order chi connectivity index (χ1) is 11.2. The van der Waals surface area contributed by atoms with Crippen molar-refractivity contribution >= 4 is 11.5 Å². The van der Waals surface area contributed by atoms with Gasteiger partial charge in [-0.15, -0.1) is 0 Å². The third-order valence-corrected chi connectivity index (χ3v) is 3.19. The lowest BCUT2D eigenvalue weighted by molar-refractivity contribution is -0.133. The molecule has 2 aromatic rings. The highest BCUT2D eigenvalue weighted by atomic mass is 16.5. The smallest absolute Gasteiger partial charge is 0.341 e. The zero-order valence-corrected chi connectivity index (χ0v) is 13.4. The molecule has 23 heavy (non-hydrogen) atoms. The van der Waals surface area contributed by atoms with E-state index in [1.54, 1.807) is 6.07 Å². The fourth-order valence-electron chi connectivity index (χ4n) is 2.11. The Morgan fingerprint density at radius 2 is 1.91 bits per heavy atom. The van der Waals surface area contributed by atoms with E-state index in [1.165, 1.54) is 20.5 Å². The van der Waals surface area contributed by atoms with E-state index in [9.17, 15) is 4.79 Å². The summed E-state index contributed by atoms with van der Waals surface area (Å²) in [5, 5.41) is 0. The summed E-state index contributed by atoms with van der Waals surface area (Å²) in [7, 11) is 2.82. The average molecular weight is 313 g/mol. The highest BCUT2D eigenvalue weighted by molar-refractivity contribution is 6.16. The number of hydrogen-bond donors (Lipinski definition) is 0. The number of rotatable bonds is 6. The van der Waals surface area contributed by atoms with Gasteiger partial charge in [-0.25, -0.2) is 9.78 Å². The molecule has 0 bridgehead atoms. The van der Waals surface area contributed by atoms with Crippen molar-refractivity contribution in [2.45, 2.75) is 13.5 Å². The maximum atomic E-state index is 11.9. The number of pyridine rings is 1. The molecule has 0 spiro atoms. The second kappa shape index (κ2) is 7.98. The van der Waals surface area contributed by atoms with Crippen LogP contribution in [0.25, 0.3) is 5.57 Å². The number of aryl methyl sites for hydroxylation is 1. The Bertz CT molecular complexity index is 710. The second-order valence-corrected chi connectivity index (χ2v) is 4.82. The SMILES string of the molecule is COC=C(C(=O)OC)c1ccccc1COc1cccc(C)n1. The Hall–Kier alpha value is -2.82. The summed E-state index contributed by atoms with van der Waals surface area (Å²) < 4.78 is 15.5. The van der Waals surface area contributed by atoms with Gasteiger partial charge in [-0.05, 0) is 24.1 Å². The van der Waals surface area contributed by atoms with Crippen molar-refractivity contribution < 1.29 is 19.0 Å². The van der Waals surface area contributed by atoms with Gasteiger partial charge < -0.3 is 14.2 Å². The summed E-state index contributed by atoms with van der Waals surface area (Å²) in [5.74, 6) is 0.0723. The molecule has 0 aliphatic heterocycles. The van der Waals surface area contributed by atoms with E-state index in [1.807, 2.05) is 43.3 Å². The lowest BCUT2D eigenvalue weighted by Gasteiger charge is -2.12. The van der Waals surface area contributed by atoms with Crippen molar-refractivity contribution in [1.29, 1.82) is 0 Å². The minimum absolute atomic E-state index is 0.282. The monoisotopic (exact) mass is 313 g/mol. The molecule has 1 heterocycles. The molecule has 5 heteroatoms. The first kappa shape index (κ1) is 16.5. The van der Waals surface area contributed by atoms with Gasteiger partial charge in [-0.3, -0.25) is 0 Å². The van der Waals surface area contributed by atoms with Gasteiger partial charge in [0.15, 0.2) is 0 Å². The molecule has 0 atom stereocenters. The van der Waals surface area contributed by atoms with Crippen LogP contribution in [0.4, 0.5) is 0 Å². The van der Waals surface area contributed by atoms with Crippen LogP contribution in [-0.4, -0.2) is 25.2 Å². The molecule has 0 saturated heterocycles. The number of benzene rings is 1. The van der Waals surface area contributed by atoms with Crippen molar-refractivity contribution in [2.75, 3.05) is 14.2 Å². The molecule has 0 saturated carbocycles. The number of carbonyl (C=O) groups excluding carboxylic acids is 1. The minimum Gasteiger partial charge on any atom is -0.503 e. The summed E-state index contributed by atoms with van der Waals surface area (Å²) in [6, 6.07) is 13.0. The minimum atomic E-state index is -0.465. The van der Waals surface area contributed by atoms with E-state index < -0.39 is 5.97 Å². The molecule has 0 aliphatic carbocycles. The summed E-state index contributed by atoms with van der Waals surface area (Å²) in [4.78, 5) is 16.2. The molecule has 0 amide bonds. The fraction of sp³-hybridized carbons (Fsp3) is 0.222. The van der Waals surface area contributed by atoms with Crippen LogP contribution >= 0.6 is 0 Å². The Kier molecular flexibility index (Phi) is 5.74. The number of nitrogens with zero attached hydrogens (tertiary/aromatic N) is 1. The molecule has 0 N–H and O–H groups in total. The van der Waals surface area contributed by atoms with Crippen molar-refractivity contribution in [1.82, 2.24) is 4.98 Å². The first-order valence-corrected chi connectivity index (χ1v) is 7.11. The van der Waals surface area contributed by atoms with Crippen LogP contribution in [0.5, 0.6) is 5.88 Å². The van der Waals surface area contributed by atoms with Gasteiger partial charge in [0.2, 0.25) is 5.88 Å². The van der Waals surface area contributed by atoms with Crippen LogP contribution in [0, 0.1) is 6.92 Å². The zero-order chi connectivity index (χ0) is 16.7. The molecule has 0 aliphatic rings. The number of esters is 1. The Morgan fingerprint density at radius 3 is 2.61 bits per heavy atom. The molecular formula is C18H19NO4. The molecule has 1 aromatic heterocycles. The normalized spacial score (nSPS) is 11.0. The van der Waals surface area contributed by atoms with Crippen LogP contribution in [0.2, 0.25) is 0 Å². The topological polar surface area (TPSA) is 57.7 Å². The van der Waals surface area contributed by atoms with E-state index in [0.717, 1.165) is 11.3 Å². The van der Waals surface area contributed by atoms with E-state index >= 15 is 0 Å². The highest BCUT2D eigenvalue weighted by Gasteiger charge is 2.16. The van der Waals surface area contributed by atoms with Crippen LogP contribution in [0.1, 0.15) is 16.8 Å². The number of methoxy groups -OCH3 is 2. The summed E-state index contributed by atoms with van der Waals surface area (Å²) in [6.07, 6.45) is 1.37. The molecule has 120 valence electrons. The lowest BCUT2D eigenvalue weighted by atomic mass is 10.0. The Morgan fingerprint density at radius 1 is 1.13 bits per heavy atom. The van der Waals surface area contributed by atoms with Crippen molar-refractivity contribution in [3.63, 3.8) is 0 Å². The Balaban J connectivity index is 2.26. The maximum Gasteiger partial charge on any atom is 0.341 e. The number of hydrogen-bond acceptors (Lipinski definition) is 5. The van der Waals surface area contributed by atoms with Crippen molar-refractivity contribution in [3.05, 3.63) is 65.5 Å². The van der Waals surface area contributed by atoms with Crippen LogP contribution in [0.3, 0.4) is 0 Å². The summed E-state index contributed by atoms with van der Waals surface area (Å²) in [5.41, 5.74) is 2.76. The molecule has 0 unspecified atom stereocenters. The van der Waals surface area contributed by atoms with Crippen molar-refractivity contribution in [3.8, 4) is 5.88 Å². The standard InChI is InChI=1S/C18H19NO4/c1-13-7-6-10-17(19-13)23-11-14-8-4-5-9-15(14)16(12-21-2)18(20)22-3/h4-10,12H,11H2,1-3H3. The van der Waals surface area contributed by atoms with Gasteiger partial charge in [0.25, 0.3) is 0 Å². The van der Waals surface area contributed by atoms with Crippen LogP contribution in [0.15, 0.2) is 48.7 Å². The zero-order valence-electron chi connectivity index (χ0n) is 13.4. The van der Waals surface area contributed by atoms with Gasteiger partial charge in [0.1, 0.15) is 12.2 Å². The van der Waals surface area contributed by atoms with E-state index in [2.05, 4.69) is 4.98 Å². The predicted molar refractivity (Wildman–Crippen MR) is 86.8 cm³/mol. The van der Waals surface area contributed by atoms with Crippen LogP contribution in [-0.2, 0) is 20.9 Å². The lowest BCUT2D eigenvalue weighted by Crippen LogP contribution is -2.08. The fourth-order valence-corrected chi connectivity index (χ4v) is 2.11. The molecular weight excluding hydrogens is 294 g/mol. The van der Waals surface area contributed by atoms with Gasteiger partial charge in [0, 0.05) is 11.8 Å². The third kappa shape index (κ3) is 4.32. The largest absolute Gasteiger partial charge is 0.503 e. The van der Waals surface area contributed by atoms with Crippen LogP contribution < -0.4 is 4.74 Å². The number of carbonyl (C=O) groups is 1. The molecule has 1 aromatic carbocycles. The second-order valence-electron chi connectivity index (χ2n) is 4.82. The van der Waals surface area contributed by atoms with Crippen molar-refractivity contribution in [2.24, 2.45) is 0 Å². The van der Waals surface area contributed by atoms with E-state index in [4.69, 9.17) is 14.2 Å². The first-order valence-electron chi connectivity index (χ1n) is 7.11. The van der Waals surface area contributed by atoms with E-state index in [0.29, 0.717) is 17.0 Å². The summed E-state index contributed by atoms with van der Waals surface area (Å²) in [6.45, 7) is 2.18. The quantitative estimate of drug-likeness (QED) is 0.466. The highest BCUT2D eigenvalue weighted by Crippen LogP contribution is 2.22. The Labute approximate surface area is 135 Å².